The number of carbonyl (C=O) groups excluding carboxylic acids is 1. The van der Waals surface area contributed by atoms with Crippen molar-refractivity contribution in [2.75, 3.05) is 0 Å². The second-order valence-corrected chi connectivity index (χ2v) is 5.06. The van der Waals surface area contributed by atoms with E-state index in [2.05, 4.69) is 13.8 Å². The third-order valence-electron chi connectivity index (χ3n) is 2.61. The van der Waals surface area contributed by atoms with Gasteiger partial charge in [-0.2, -0.15) is 0 Å². The van der Waals surface area contributed by atoms with Gasteiger partial charge in [0.1, 0.15) is 0 Å². The van der Waals surface area contributed by atoms with Gasteiger partial charge in [-0.15, -0.1) is 0 Å². The number of rotatable bonds is 6. The molecule has 0 heterocycles. The molecule has 0 radical (unpaired) electrons. The van der Waals surface area contributed by atoms with E-state index in [9.17, 15) is 14.9 Å². The maximum absolute atomic E-state index is 11.6. The van der Waals surface area contributed by atoms with Gasteiger partial charge in [-0.1, -0.05) is 26.0 Å². The minimum atomic E-state index is -0.472. The number of hydrogen-bond acceptors (Lipinski definition) is 4. The minimum Gasteiger partial charge on any atom is -0.460 e. The van der Waals surface area contributed by atoms with Crippen LogP contribution in [0.4, 0.5) is 5.69 Å². The lowest BCUT2D eigenvalue weighted by atomic mass is 10.1. The second kappa shape index (κ2) is 7.43. The van der Waals surface area contributed by atoms with Crippen molar-refractivity contribution in [3.63, 3.8) is 0 Å². The zero-order chi connectivity index (χ0) is 15.1. The molecule has 0 amide bonds. The van der Waals surface area contributed by atoms with Crippen molar-refractivity contribution in [1.82, 2.24) is 0 Å². The van der Waals surface area contributed by atoms with Crippen LogP contribution in [0.1, 0.15) is 32.8 Å². The number of nitro benzene ring substituents is 1. The van der Waals surface area contributed by atoms with Crippen LogP contribution in [0.5, 0.6) is 0 Å². The molecule has 1 unspecified atom stereocenters. The van der Waals surface area contributed by atoms with Gasteiger partial charge in [0.25, 0.3) is 5.69 Å². The van der Waals surface area contributed by atoms with E-state index in [4.69, 9.17) is 4.74 Å². The molecule has 0 aromatic heterocycles. The molecule has 1 aromatic rings. The Bertz CT molecular complexity index is 508. The topological polar surface area (TPSA) is 69.4 Å². The van der Waals surface area contributed by atoms with Gasteiger partial charge in [0.05, 0.1) is 11.0 Å². The highest BCUT2D eigenvalue weighted by Crippen LogP contribution is 2.14. The summed E-state index contributed by atoms with van der Waals surface area (Å²) in [6.45, 7) is 5.96. The summed E-state index contributed by atoms with van der Waals surface area (Å²) < 4.78 is 5.20. The molecule has 0 fully saturated rings. The molecule has 1 atom stereocenters. The summed E-state index contributed by atoms with van der Waals surface area (Å²) >= 11 is 0. The molecule has 5 nitrogen and oxygen atoms in total. The summed E-state index contributed by atoms with van der Waals surface area (Å²) in [6, 6.07) is 6.07. The van der Waals surface area contributed by atoms with Crippen molar-refractivity contribution < 1.29 is 14.5 Å². The standard InChI is InChI=1S/C15H19NO4/c1-11(2)9-12(3)20-15(17)8-7-13-5-4-6-14(10-13)16(18)19/h4-8,10-12H,9H2,1-3H3. The van der Waals surface area contributed by atoms with E-state index in [1.165, 1.54) is 24.3 Å². The van der Waals surface area contributed by atoms with Gasteiger partial charge in [-0.25, -0.2) is 4.79 Å². The first-order chi connectivity index (χ1) is 9.38. The molecular formula is C15H19NO4. The van der Waals surface area contributed by atoms with Crippen LogP contribution in [-0.2, 0) is 9.53 Å². The van der Waals surface area contributed by atoms with Crippen LogP contribution < -0.4 is 0 Å². The molecule has 0 N–H and O–H groups in total. The minimum absolute atomic E-state index is 0.00584. The molecule has 20 heavy (non-hydrogen) atoms. The second-order valence-electron chi connectivity index (χ2n) is 5.06. The quantitative estimate of drug-likeness (QED) is 0.345. The summed E-state index contributed by atoms with van der Waals surface area (Å²) in [5.41, 5.74) is 0.585. The molecule has 0 aliphatic carbocycles. The smallest absolute Gasteiger partial charge is 0.331 e. The molecule has 5 heteroatoms. The Morgan fingerprint density at radius 2 is 2.10 bits per heavy atom. The maximum Gasteiger partial charge on any atom is 0.331 e. The Morgan fingerprint density at radius 3 is 2.70 bits per heavy atom. The largest absolute Gasteiger partial charge is 0.460 e. The van der Waals surface area contributed by atoms with E-state index in [1.807, 2.05) is 6.92 Å². The Balaban J connectivity index is 2.61. The maximum atomic E-state index is 11.6. The first kappa shape index (κ1) is 15.9. The fraction of sp³-hybridized carbons (Fsp3) is 0.400. The number of benzene rings is 1. The fourth-order valence-electron chi connectivity index (χ4n) is 1.86. The molecular weight excluding hydrogens is 258 g/mol. The van der Waals surface area contributed by atoms with Gasteiger partial charge in [0.2, 0.25) is 0 Å². The Morgan fingerprint density at radius 1 is 1.40 bits per heavy atom. The zero-order valence-electron chi connectivity index (χ0n) is 11.9. The monoisotopic (exact) mass is 277 g/mol. The molecule has 0 aliphatic rings. The van der Waals surface area contributed by atoms with Crippen LogP contribution in [0.3, 0.4) is 0 Å². The lowest BCUT2D eigenvalue weighted by Crippen LogP contribution is -2.15. The summed E-state index contributed by atoms with van der Waals surface area (Å²) in [6.07, 6.45) is 3.46. The van der Waals surface area contributed by atoms with E-state index < -0.39 is 10.9 Å². The molecule has 0 aliphatic heterocycles. The van der Waals surface area contributed by atoms with E-state index in [-0.39, 0.29) is 11.8 Å². The first-order valence-electron chi connectivity index (χ1n) is 6.51. The van der Waals surface area contributed by atoms with Crippen LogP contribution in [0.25, 0.3) is 6.08 Å². The summed E-state index contributed by atoms with van der Waals surface area (Å²) in [7, 11) is 0. The zero-order valence-corrected chi connectivity index (χ0v) is 11.9. The highest BCUT2D eigenvalue weighted by Gasteiger charge is 2.09. The summed E-state index contributed by atoms with van der Waals surface area (Å²) in [4.78, 5) is 21.7. The molecule has 0 saturated carbocycles. The predicted molar refractivity (Wildman–Crippen MR) is 77.1 cm³/mol. The lowest BCUT2D eigenvalue weighted by Gasteiger charge is -2.13. The summed E-state index contributed by atoms with van der Waals surface area (Å²) in [5, 5.41) is 10.6. The molecule has 108 valence electrons. The lowest BCUT2D eigenvalue weighted by molar-refractivity contribution is -0.384. The fourth-order valence-corrected chi connectivity index (χ4v) is 1.86. The third kappa shape index (κ3) is 5.65. The van der Waals surface area contributed by atoms with Crippen molar-refractivity contribution in [1.29, 1.82) is 0 Å². The Labute approximate surface area is 118 Å². The van der Waals surface area contributed by atoms with E-state index in [0.717, 1.165) is 6.42 Å². The SMILES string of the molecule is CC(C)CC(C)OC(=O)C=Cc1cccc([N+](=O)[O-])c1. The molecule has 0 saturated heterocycles. The average molecular weight is 277 g/mol. The van der Waals surface area contributed by atoms with Crippen LogP contribution >= 0.6 is 0 Å². The average Bonchev–Trinajstić information content (AvgIpc) is 2.35. The van der Waals surface area contributed by atoms with Crippen LogP contribution in [0.15, 0.2) is 30.3 Å². The molecule has 0 spiro atoms. The third-order valence-corrected chi connectivity index (χ3v) is 2.61. The van der Waals surface area contributed by atoms with Gasteiger partial charge in [-0.3, -0.25) is 10.1 Å². The van der Waals surface area contributed by atoms with E-state index in [1.54, 1.807) is 12.1 Å². The number of nitro groups is 1. The van der Waals surface area contributed by atoms with Gasteiger partial charge < -0.3 is 4.74 Å². The number of non-ortho nitro benzene ring substituents is 1. The van der Waals surface area contributed by atoms with Gasteiger partial charge in [0, 0.05) is 18.2 Å². The highest BCUT2D eigenvalue weighted by molar-refractivity contribution is 5.87. The van der Waals surface area contributed by atoms with E-state index in [0.29, 0.717) is 11.5 Å². The van der Waals surface area contributed by atoms with Gasteiger partial charge >= 0.3 is 5.97 Å². The predicted octanol–water partition coefficient (Wildman–Crippen LogP) is 3.59. The first-order valence-corrected chi connectivity index (χ1v) is 6.51. The molecule has 1 aromatic carbocycles. The van der Waals surface area contributed by atoms with Crippen LogP contribution in [0, 0.1) is 16.0 Å². The normalized spacial score (nSPS) is 12.6. The number of carbonyl (C=O) groups is 1. The van der Waals surface area contributed by atoms with Crippen molar-refractivity contribution in [3.05, 3.63) is 46.0 Å². The molecule has 1 rings (SSSR count). The number of ether oxygens (including phenoxy) is 1. The van der Waals surface area contributed by atoms with Gasteiger partial charge in [0.15, 0.2) is 0 Å². The van der Waals surface area contributed by atoms with Gasteiger partial charge in [-0.05, 0) is 30.9 Å². The number of esters is 1. The van der Waals surface area contributed by atoms with Crippen molar-refractivity contribution in [2.45, 2.75) is 33.3 Å². The van der Waals surface area contributed by atoms with Crippen LogP contribution in [-0.4, -0.2) is 17.0 Å². The highest BCUT2D eigenvalue weighted by atomic mass is 16.6. The van der Waals surface area contributed by atoms with Crippen molar-refractivity contribution in [3.8, 4) is 0 Å². The van der Waals surface area contributed by atoms with Crippen molar-refractivity contribution in [2.24, 2.45) is 5.92 Å². The summed E-state index contributed by atoms with van der Waals surface area (Å²) in [5.74, 6) is 0.0169. The van der Waals surface area contributed by atoms with Crippen LogP contribution in [0.2, 0.25) is 0 Å². The Kier molecular flexibility index (Phi) is 5.90. The van der Waals surface area contributed by atoms with Crippen molar-refractivity contribution >= 4 is 17.7 Å². The molecule has 0 bridgehead atoms. The number of hydrogen-bond donors (Lipinski definition) is 0. The Hall–Kier alpha value is -2.17. The van der Waals surface area contributed by atoms with E-state index >= 15 is 0 Å². The number of nitrogens with zero attached hydrogens (tertiary/aromatic N) is 1.